The number of aliphatic hydroxyl groups is 1. The Labute approximate surface area is 88.7 Å². The van der Waals surface area contributed by atoms with Gasteiger partial charge in [0.05, 0.1) is 27.7 Å². The van der Waals surface area contributed by atoms with Gasteiger partial charge in [-0.25, -0.2) is 0 Å². The Kier molecular flexibility index (Phi) is 17.7. The van der Waals surface area contributed by atoms with Crippen LogP contribution in [0.15, 0.2) is 0 Å². The van der Waals surface area contributed by atoms with Crippen molar-refractivity contribution >= 4 is 12.4 Å². The molecule has 0 aliphatic carbocycles. The van der Waals surface area contributed by atoms with Crippen LogP contribution in [-0.2, 0) is 4.74 Å². The molecule has 4 heteroatoms. The minimum Gasteiger partial charge on any atom is -0.391 e. The van der Waals surface area contributed by atoms with Gasteiger partial charge in [-0.3, -0.25) is 0 Å². The van der Waals surface area contributed by atoms with Gasteiger partial charge in [0, 0.05) is 13.2 Å². The number of hydrogen-bond acceptors (Lipinski definition) is 2. The molecule has 0 aromatic rings. The summed E-state index contributed by atoms with van der Waals surface area (Å²) in [7, 11) is 6.16. The van der Waals surface area contributed by atoms with Crippen LogP contribution in [0, 0.1) is 0 Å². The summed E-state index contributed by atoms with van der Waals surface area (Å²) in [5, 5.41) is 8.39. The number of quaternary nitrogens is 1. The van der Waals surface area contributed by atoms with Gasteiger partial charge in [-0.1, -0.05) is 0 Å². The Morgan fingerprint density at radius 1 is 1.08 bits per heavy atom. The van der Waals surface area contributed by atoms with Crippen molar-refractivity contribution in [3.63, 3.8) is 0 Å². The number of halogens is 1. The lowest BCUT2D eigenvalue weighted by Gasteiger charge is -2.21. The molecule has 0 heterocycles. The number of hydrogen-bond donors (Lipinski definition) is 1. The lowest BCUT2D eigenvalue weighted by atomic mass is 10.5. The van der Waals surface area contributed by atoms with E-state index in [-0.39, 0.29) is 19.0 Å². The van der Waals surface area contributed by atoms with E-state index in [1.807, 2.05) is 13.8 Å². The van der Waals surface area contributed by atoms with Gasteiger partial charge in [-0.05, 0) is 13.8 Å². The summed E-state index contributed by atoms with van der Waals surface area (Å²) in [6.45, 7) is 6.78. The highest BCUT2D eigenvalue weighted by Gasteiger charge is 2.02. The average molecular weight is 215 g/mol. The van der Waals surface area contributed by atoms with E-state index in [4.69, 9.17) is 9.84 Å². The summed E-state index contributed by atoms with van der Waals surface area (Å²) in [6, 6.07) is 0. The van der Waals surface area contributed by atoms with Crippen molar-refractivity contribution in [3.05, 3.63) is 0 Å². The number of nitrogens with zero attached hydrogens (tertiary/aromatic N) is 1. The molecule has 0 aliphatic heterocycles. The third kappa shape index (κ3) is 33.1. The SMILES string of the molecule is CCOCC.C[N+](C)(C)CCO.Cl. The van der Waals surface area contributed by atoms with Crippen LogP contribution in [0.4, 0.5) is 0 Å². The molecule has 0 radical (unpaired) electrons. The number of ether oxygens (including phenoxy) is 1. The largest absolute Gasteiger partial charge is 0.391 e. The first kappa shape index (κ1) is 18.9. The maximum Gasteiger partial charge on any atom is 0.101 e. The van der Waals surface area contributed by atoms with Crippen LogP contribution in [0.25, 0.3) is 0 Å². The van der Waals surface area contributed by atoms with Gasteiger partial charge >= 0.3 is 0 Å². The van der Waals surface area contributed by atoms with Crippen LogP contribution < -0.4 is 0 Å². The molecule has 3 nitrogen and oxygen atoms in total. The molecule has 0 aliphatic rings. The van der Waals surface area contributed by atoms with E-state index in [2.05, 4.69) is 21.1 Å². The van der Waals surface area contributed by atoms with Crippen molar-refractivity contribution in [2.75, 3.05) is 47.5 Å². The number of likely N-dealkylation sites (N-methyl/N-ethyl adjacent to an activating group) is 1. The van der Waals surface area contributed by atoms with Gasteiger partial charge in [0.15, 0.2) is 0 Å². The van der Waals surface area contributed by atoms with E-state index >= 15 is 0 Å². The van der Waals surface area contributed by atoms with Gasteiger partial charge in [0.25, 0.3) is 0 Å². The minimum atomic E-state index is 0. The van der Waals surface area contributed by atoms with Gasteiger partial charge in [0.2, 0.25) is 0 Å². The van der Waals surface area contributed by atoms with E-state index in [1.165, 1.54) is 0 Å². The van der Waals surface area contributed by atoms with Crippen LogP contribution >= 0.6 is 12.4 Å². The highest BCUT2D eigenvalue weighted by atomic mass is 35.5. The molecule has 0 aromatic heterocycles. The lowest BCUT2D eigenvalue weighted by molar-refractivity contribution is -0.870. The van der Waals surface area contributed by atoms with Gasteiger partial charge < -0.3 is 14.3 Å². The van der Waals surface area contributed by atoms with E-state index in [0.717, 1.165) is 24.2 Å². The summed E-state index contributed by atoms with van der Waals surface area (Å²) in [5.41, 5.74) is 0. The van der Waals surface area contributed by atoms with Crippen LogP contribution in [0.5, 0.6) is 0 Å². The molecule has 0 unspecified atom stereocenters. The van der Waals surface area contributed by atoms with E-state index in [9.17, 15) is 0 Å². The maximum absolute atomic E-state index is 8.39. The standard InChI is InChI=1S/C5H14NO.C4H10O.ClH/c1-6(2,3)4-5-7;1-3-5-4-2;/h7H,4-5H2,1-3H3;3-4H2,1-2H3;1H/q+1;;. The molecule has 0 saturated heterocycles. The van der Waals surface area contributed by atoms with Crippen molar-refractivity contribution in [3.8, 4) is 0 Å². The fourth-order valence-corrected chi connectivity index (χ4v) is 0.504. The molecule has 0 rings (SSSR count). The minimum absolute atomic E-state index is 0. The highest BCUT2D eigenvalue weighted by molar-refractivity contribution is 5.85. The quantitative estimate of drug-likeness (QED) is 0.712. The Balaban J connectivity index is -0.000000150. The predicted molar refractivity (Wildman–Crippen MR) is 59.4 cm³/mol. The monoisotopic (exact) mass is 214 g/mol. The molecule has 0 saturated carbocycles. The fraction of sp³-hybridized carbons (Fsp3) is 1.00. The molecule has 0 aromatic carbocycles. The molecule has 84 valence electrons. The van der Waals surface area contributed by atoms with E-state index in [0.29, 0.717) is 0 Å². The van der Waals surface area contributed by atoms with Crippen LogP contribution in [0.1, 0.15) is 13.8 Å². The zero-order chi connectivity index (χ0) is 10.0. The molecule has 1 N–H and O–H groups in total. The first-order chi connectivity index (χ1) is 5.47. The van der Waals surface area contributed by atoms with E-state index < -0.39 is 0 Å². The van der Waals surface area contributed by atoms with Gasteiger partial charge in [0.1, 0.15) is 6.54 Å². The third-order valence-electron chi connectivity index (χ3n) is 1.18. The van der Waals surface area contributed by atoms with Crippen molar-refractivity contribution in [1.82, 2.24) is 0 Å². The van der Waals surface area contributed by atoms with Crippen molar-refractivity contribution in [2.24, 2.45) is 0 Å². The zero-order valence-corrected chi connectivity index (χ0v) is 10.4. The second-order valence-electron chi connectivity index (χ2n) is 3.52. The first-order valence-corrected chi connectivity index (χ1v) is 4.47. The molecular formula is C9H25ClNO2+. The van der Waals surface area contributed by atoms with Crippen LogP contribution in [0.2, 0.25) is 0 Å². The van der Waals surface area contributed by atoms with E-state index in [1.54, 1.807) is 0 Å². The summed E-state index contributed by atoms with van der Waals surface area (Å²) < 4.78 is 5.68. The molecule has 13 heavy (non-hydrogen) atoms. The number of rotatable bonds is 4. The molecule has 0 spiro atoms. The summed E-state index contributed by atoms with van der Waals surface area (Å²) in [4.78, 5) is 0. The number of aliphatic hydroxyl groups excluding tert-OH is 1. The maximum atomic E-state index is 8.39. The fourth-order valence-electron chi connectivity index (χ4n) is 0.504. The average Bonchev–Trinajstić information content (AvgIpc) is 1.87. The van der Waals surface area contributed by atoms with Crippen molar-refractivity contribution < 1.29 is 14.3 Å². The molecular weight excluding hydrogens is 190 g/mol. The summed E-state index contributed by atoms with van der Waals surface area (Å²) in [6.07, 6.45) is 0. The smallest absolute Gasteiger partial charge is 0.101 e. The second-order valence-corrected chi connectivity index (χ2v) is 3.52. The van der Waals surface area contributed by atoms with Crippen LogP contribution in [0.3, 0.4) is 0 Å². The van der Waals surface area contributed by atoms with Crippen molar-refractivity contribution in [1.29, 1.82) is 0 Å². The van der Waals surface area contributed by atoms with Crippen molar-refractivity contribution in [2.45, 2.75) is 13.8 Å². The summed E-state index contributed by atoms with van der Waals surface area (Å²) in [5.74, 6) is 0. The van der Waals surface area contributed by atoms with Gasteiger partial charge in [-0.15, -0.1) is 12.4 Å². The second kappa shape index (κ2) is 12.2. The Hall–Kier alpha value is 0.170. The lowest BCUT2D eigenvalue weighted by Crippen LogP contribution is -2.36. The molecule has 0 fully saturated rings. The topological polar surface area (TPSA) is 29.5 Å². The Morgan fingerprint density at radius 3 is 1.46 bits per heavy atom. The molecule has 0 atom stereocenters. The normalized spacial score (nSPS) is 9.69. The summed E-state index contributed by atoms with van der Waals surface area (Å²) >= 11 is 0. The Morgan fingerprint density at radius 2 is 1.46 bits per heavy atom. The Bertz CT molecular complexity index is 82.2. The van der Waals surface area contributed by atoms with Gasteiger partial charge in [-0.2, -0.15) is 0 Å². The predicted octanol–water partition coefficient (Wildman–Crippen LogP) is 1.15. The van der Waals surface area contributed by atoms with Crippen LogP contribution in [-0.4, -0.2) is 57.1 Å². The highest BCUT2D eigenvalue weighted by Crippen LogP contribution is 1.84. The zero-order valence-electron chi connectivity index (χ0n) is 9.54. The third-order valence-corrected chi connectivity index (χ3v) is 1.18. The molecule has 0 bridgehead atoms. The molecule has 0 amide bonds. The first-order valence-electron chi connectivity index (χ1n) is 4.47.